The topological polar surface area (TPSA) is 70.7 Å². The van der Waals surface area contributed by atoms with Gasteiger partial charge in [-0.3, -0.25) is 15.2 Å². The molecule has 2 aromatic rings. The zero-order valence-electron chi connectivity index (χ0n) is 10.7. The highest BCUT2D eigenvalue weighted by molar-refractivity contribution is 6.37. The van der Waals surface area contributed by atoms with Crippen LogP contribution in [-0.4, -0.2) is 21.1 Å². The predicted octanol–water partition coefficient (Wildman–Crippen LogP) is 3.63. The zero-order valence-corrected chi connectivity index (χ0v) is 12.2. The minimum absolute atomic E-state index is 0.0375. The second kappa shape index (κ2) is 5.76. The lowest BCUT2D eigenvalue weighted by Gasteiger charge is -2.05. The van der Waals surface area contributed by atoms with Gasteiger partial charge in [-0.05, 0) is 12.1 Å². The van der Waals surface area contributed by atoms with Gasteiger partial charge in [0.15, 0.2) is 0 Å². The quantitative estimate of drug-likeness (QED) is 0.849. The molecular formula is C12H11Cl2FN4O. The van der Waals surface area contributed by atoms with Crippen LogP contribution in [0.4, 0.5) is 10.3 Å². The third-order valence-corrected chi connectivity index (χ3v) is 3.13. The molecule has 1 amide bonds. The number of rotatable bonds is 3. The van der Waals surface area contributed by atoms with E-state index < -0.39 is 11.7 Å². The average molecular weight is 317 g/mol. The number of benzene rings is 1. The highest BCUT2D eigenvalue weighted by Crippen LogP contribution is 2.24. The van der Waals surface area contributed by atoms with Crippen LogP contribution in [0.1, 0.15) is 35.9 Å². The maximum Gasteiger partial charge on any atom is 0.259 e. The molecule has 0 saturated heterocycles. The molecule has 0 radical (unpaired) electrons. The highest BCUT2D eigenvalue weighted by atomic mass is 35.5. The van der Waals surface area contributed by atoms with Crippen molar-refractivity contribution in [2.45, 2.75) is 19.8 Å². The largest absolute Gasteiger partial charge is 0.289 e. The molecule has 0 saturated carbocycles. The van der Waals surface area contributed by atoms with Gasteiger partial charge >= 0.3 is 0 Å². The summed E-state index contributed by atoms with van der Waals surface area (Å²) in [6.45, 7) is 3.86. The minimum Gasteiger partial charge on any atom is -0.289 e. The number of nitrogens with one attached hydrogen (secondary N) is 2. The van der Waals surface area contributed by atoms with Crippen LogP contribution in [0.2, 0.25) is 10.0 Å². The number of carbonyl (C=O) groups excluding carboxylic acids is 1. The van der Waals surface area contributed by atoms with Gasteiger partial charge in [-0.2, -0.15) is 4.98 Å². The first-order valence-corrected chi connectivity index (χ1v) is 6.52. The lowest BCUT2D eigenvalue weighted by Crippen LogP contribution is -2.14. The molecule has 1 heterocycles. The number of anilines is 1. The highest BCUT2D eigenvalue weighted by Gasteiger charge is 2.16. The Morgan fingerprint density at radius 1 is 1.35 bits per heavy atom. The van der Waals surface area contributed by atoms with Crippen molar-refractivity contribution in [3.63, 3.8) is 0 Å². The van der Waals surface area contributed by atoms with E-state index in [2.05, 4.69) is 20.5 Å². The lowest BCUT2D eigenvalue weighted by atomic mass is 10.2. The van der Waals surface area contributed by atoms with Gasteiger partial charge in [0, 0.05) is 5.92 Å². The normalized spacial score (nSPS) is 10.9. The molecule has 0 aliphatic carbocycles. The molecule has 0 unspecified atom stereocenters. The third-order valence-electron chi connectivity index (χ3n) is 2.53. The zero-order chi connectivity index (χ0) is 14.9. The van der Waals surface area contributed by atoms with Gasteiger partial charge < -0.3 is 0 Å². The molecule has 8 heteroatoms. The minimum atomic E-state index is -0.723. The number of aromatic amines is 1. The summed E-state index contributed by atoms with van der Waals surface area (Å²) in [7, 11) is 0. The molecule has 0 aliphatic heterocycles. The van der Waals surface area contributed by atoms with Gasteiger partial charge in [0.05, 0.1) is 15.6 Å². The molecule has 0 spiro atoms. The molecule has 2 N–H and O–H groups in total. The van der Waals surface area contributed by atoms with Crippen molar-refractivity contribution in [1.29, 1.82) is 0 Å². The van der Waals surface area contributed by atoms with Crippen LogP contribution in [0.3, 0.4) is 0 Å². The summed E-state index contributed by atoms with van der Waals surface area (Å²) in [6, 6.07) is 2.14. The standard InChI is InChI=1S/C12H11Cl2FN4O/c1-5(2)10-16-12(19-18-10)17-11(20)6-3-9(15)8(14)4-7(6)13/h3-5H,1-2H3,(H2,16,17,18,19,20). The number of halogens is 3. The summed E-state index contributed by atoms with van der Waals surface area (Å²) >= 11 is 11.4. The summed E-state index contributed by atoms with van der Waals surface area (Å²) in [4.78, 5) is 16.1. The third kappa shape index (κ3) is 3.08. The van der Waals surface area contributed by atoms with Crippen molar-refractivity contribution < 1.29 is 9.18 Å². The molecule has 1 aromatic carbocycles. The molecule has 0 fully saturated rings. The Hall–Kier alpha value is -1.66. The summed E-state index contributed by atoms with van der Waals surface area (Å²) in [5, 5.41) is 8.87. The van der Waals surface area contributed by atoms with Crippen molar-refractivity contribution in [1.82, 2.24) is 15.2 Å². The van der Waals surface area contributed by atoms with Crippen LogP contribution in [-0.2, 0) is 0 Å². The molecule has 0 atom stereocenters. The van der Waals surface area contributed by atoms with Gasteiger partial charge in [-0.25, -0.2) is 4.39 Å². The van der Waals surface area contributed by atoms with Gasteiger partial charge in [-0.15, -0.1) is 5.10 Å². The van der Waals surface area contributed by atoms with E-state index in [1.807, 2.05) is 13.8 Å². The van der Waals surface area contributed by atoms with Crippen molar-refractivity contribution in [3.05, 3.63) is 39.4 Å². The van der Waals surface area contributed by atoms with E-state index in [0.717, 1.165) is 6.07 Å². The van der Waals surface area contributed by atoms with Crippen LogP contribution in [0.15, 0.2) is 12.1 Å². The number of carbonyl (C=O) groups is 1. The van der Waals surface area contributed by atoms with Crippen LogP contribution >= 0.6 is 23.2 Å². The van der Waals surface area contributed by atoms with Crippen molar-refractivity contribution in [2.75, 3.05) is 5.32 Å². The van der Waals surface area contributed by atoms with Crippen LogP contribution in [0, 0.1) is 5.82 Å². The molecule has 5 nitrogen and oxygen atoms in total. The Labute approximate surface area is 124 Å². The maximum absolute atomic E-state index is 13.4. The Morgan fingerprint density at radius 2 is 2.05 bits per heavy atom. The summed E-state index contributed by atoms with van der Waals surface area (Å²) in [6.07, 6.45) is 0. The molecule has 1 aromatic heterocycles. The SMILES string of the molecule is CC(C)c1nc(NC(=O)c2cc(F)c(Cl)cc2Cl)n[nH]1. The fraction of sp³-hybridized carbons (Fsp3) is 0.250. The number of hydrogen-bond acceptors (Lipinski definition) is 3. The molecule has 0 aliphatic rings. The maximum atomic E-state index is 13.4. The van der Waals surface area contributed by atoms with Gasteiger partial charge in [0.1, 0.15) is 11.6 Å². The molecule has 2 rings (SSSR count). The van der Waals surface area contributed by atoms with E-state index in [1.165, 1.54) is 6.07 Å². The first kappa shape index (κ1) is 14.7. The number of aromatic nitrogens is 3. The number of nitrogens with zero attached hydrogens (tertiary/aromatic N) is 2. The van der Waals surface area contributed by atoms with Crippen LogP contribution in [0.25, 0.3) is 0 Å². The van der Waals surface area contributed by atoms with E-state index in [0.29, 0.717) is 5.82 Å². The Balaban J connectivity index is 2.21. The molecule has 20 heavy (non-hydrogen) atoms. The smallest absolute Gasteiger partial charge is 0.259 e. The van der Waals surface area contributed by atoms with Gasteiger partial charge in [0.2, 0.25) is 5.95 Å². The second-order valence-electron chi connectivity index (χ2n) is 4.40. The average Bonchev–Trinajstić information content (AvgIpc) is 2.82. The summed E-state index contributed by atoms with van der Waals surface area (Å²) in [5.41, 5.74) is -0.0375. The van der Waals surface area contributed by atoms with E-state index in [1.54, 1.807) is 0 Å². The van der Waals surface area contributed by atoms with Gasteiger partial charge in [-0.1, -0.05) is 37.0 Å². The summed E-state index contributed by atoms with van der Waals surface area (Å²) < 4.78 is 13.4. The fourth-order valence-corrected chi connectivity index (χ4v) is 1.92. The first-order chi connectivity index (χ1) is 9.38. The van der Waals surface area contributed by atoms with Gasteiger partial charge in [0.25, 0.3) is 5.91 Å². The lowest BCUT2D eigenvalue weighted by molar-refractivity contribution is 0.102. The molecular weight excluding hydrogens is 306 g/mol. The summed E-state index contributed by atoms with van der Waals surface area (Å²) in [5.74, 6) is -0.456. The van der Waals surface area contributed by atoms with E-state index >= 15 is 0 Å². The Kier molecular flexibility index (Phi) is 4.25. The number of hydrogen-bond donors (Lipinski definition) is 2. The van der Waals surface area contributed by atoms with E-state index in [-0.39, 0.29) is 27.5 Å². The Morgan fingerprint density at radius 3 is 2.65 bits per heavy atom. The monoisotopic (exact) mass is 316 g/mol. The van der Waals surface area contributed by atoms with E-state index in [9.17, 15) is 9.18 Å². The number of amides is 1. The van der Waals surface area contributed by atoms with Crippen molar-refractivity contribution in [3.8, 4) is 0 Å². The van der Waals surface area contributed by atoms with E-state index in [4.69, 9.17) is 23.2 Å². The molecule has 0 bridgehead atoms. The van der Waals surface area contributed by atoms with Crippen LogP contribution < -0.4 is 5.32 Å². The van der Waals surface area contributed by atoms with Crippen molar-refractivity contribution >= 4 is 35.1 Å². The molecule has 106 valence electrons. The Bertz CT molecular complexity index is 657. The second-order valence-corrected chi connectivity index (χ2v) is 5.21. The van der Waals surface area contributed by atoms with Crippen LogP contribution in [0.5, 0.6) is 0 Å². The predicted molar refractivity (Wildman–Crippen MR) is 74.8 cm³/mol. The number of H-pyrrole nitrogens is 1. The fourth-order valence-electron chi connectivity index (χ4n) is 1.45. The first-order valence-electron chi connectivity index (χ1n) is 5.76. The van der Waals surface area contributed by atoms with Crippen molar-refractivity contribution in [2.24, 2.45) is 0 Å².